The number of rotatable bonds is 4. The van der Waals surface area contributed by atoms with Crippen LogP contribution in [0.25, 0.3) is 54.8 Å². The summed E-state index contributed by atoms with van der Waals surface area (Å²) in [7, 11) is 0. The van der Waals surface area contributed by atoms with Gasteiger partial charge in [0, 0.05) is 44.3 Å². The van der Waals surface area contributed by atoms with Gasteiger partial charge in [-0.25, -0.2) is 0 Å². The van der Waals surface area contributed by atoms with Crippen molar-refractivity contribution in [2.75, 3.05) is 4.90 Å². The minimum Gasteiger partial charge on any atom is -0.335 e. The van der Waals surface area contributed by atoms with Gasteiger partial charge in [-0.05, 0) is 120 Å². The second kappa shape index (κ2) is 11.0. The third-order valence-electron chi connectivity index (χ3n) is 10.9. The van der Waals surface area contributed by atoms with E-state index >= 15 is 0 Å². The molecule has 0 bridgehead atoms. The van der Waals surface area contributed by atoms with E-state index < -0.39 is 0 Å². The van der Waals surface area contributed by atoms with E-state index in [1.807, 2.05) is 0 Å². The monoisotopic (exact) mass is 646 g/mol. The topological polar surface area (TPSA) is 8.17 Å². The maximum Gasteiger partial charge on any atom is 0.0517 e. The zero-order valence-corrected chi connectivity index (χ0v) is 29.8. The molecule has 0 N–H and O–H groups in total. The van der Waals surface area contributed by atoms with Crippen molar-refractivity contribution in [2.45, 2.75) is 52.5 Å². The number of benzene rings is 7. The molecule has 0 saturated heterocycles. The Morgan fingerprint density at radius 1 is 0.520 bits per heavy atom. The van der Waals surface area contributed by atoms with Gasteiger partial charge in [0.2, 0.25) is 0 Å². The van der Waals surface area contributed by atoms with Gasteiger partial charge in [-0.3, -0.25) is 0 Å². The molecule has 0 fully saturated rings. The Hall–Kier alpha value is -5.60. The van der Waals surface area contributed by atoms with E-state index in [2.05, 4.69) is 197 Å². The number of hydrogen-bond acceptors (Lipinski definition) is 1. The van der Waals surface area contributed by atoms with Crippen LogP contribution in [0.2, 0.25) is 0 Å². The third kappa shape index (κ3) is 4.55. The molecule has 1 aliphatic rings. The molecule has 1 heterocycles. The van der Waals surface area contributed by atoms with Crippen LogP contribution in [0.15, 0.2) is 146 Å². The van der Waals surface area contributed by atoms with Gasteiger partial charge in [0.05, 0.1) is 5.52 Å². The van der Waals surface area contributed by atoms with E-state index in [0.717, 1.165) is 17.1 Å². The Bertz CT molecular complexity index is 2610. The largest absolute Gasteiger partial charge is 0.335 e. The average Bonchev–Trinajstić information content (AvgIpc) is 3.57. The van der Waals surface area contributed by atoms with Crippen LogP contribution < -0.4 is 4.90 Å². The molecular weight excluding hydrogens is 605 g/mol. The lowest BCUT2D eigenvalue weighted by atomic mass is 9.82. The lowest BCUT2D eigenvalue weighted by molar-refractivity contribution is 0.423. The molecule has 0 amide bonds. The normalized spacial score (nSPS) is 13.6. The maximum atomic E-state index is 2.51. The quantitative estimate of drug-likeness (QED) is 0.185. The summed E-state index contributed by atoms with van der Waals surface area (Å²) in [4.78, 5) is 2.47. The minimum absolute atomic E-state index is 0.0976. The Morgan fingerprint density at radius 2 is 1.20 bits per heavy atom. The predicted molar refractivity (Wildman–Crippen MR) is 214 cm³/mol. The molecule has 50 heavy (non-hydrogen) atoms. The Labute approximate surface area is 295 Å². The number of hydrogen-bond donors (Lipinski definition) is 0. The molecule has 1 aromatic heterocycles. The van der Waals surface area contributed by atoms with Gasteiger partial charge in [-0.2, -0.15) is 0 Å². The molecule has 244 valence electrons. The highest BCUT2D eigenvalue weighted by molar-refractivity contribution is 6.10. The number of aromatic nitrogens is 1. The highest BCUT2D eigenvalue weighted by atomic mass is 15.1. The van der Waals surface area contributed by atoms with E-state index in [-0.39, 0.29) is 11.0 Å². The van der Waals surface area contributed by atoms with Crippen LogP contribution in [-0.4, -0.2) is 4.57 Å². The average molecular weight is 647 g/mol. The number of fused-ring (bicyclic) bond motifs is 7. The summed E-state index contributed by atoms with van der Waals surface area (Å²) < 4.78 is 2.51. The Morgan fingerprint density at radius 3 is 2.02 bits per heavy atom. The second-order valence-corrected chi connectivity index (χ2v) is 15.5. The summed E-state index contributed by atoms with van der Waals surface area (Å²) in [5, 5.41) is 5.06. The molecular formula is C48H42N2. The molecule has 0 saturated carbocycles. The smallest absolute Gasteiger partial charge is 0.0517 e. The third-order valence-corrected chi connectivity index (χ3v) is 10.9. The molecule has 2 nitrogen and oxygen atoms in total. The fourth-order valence-corrected chi connectivity index (χ4v) is 8.63. The Balaban J connectivity index is 1.31. The summed E-state index contributed by atoms with van der Waals surface area (Å²) in [5.41, 5.74) is 15.1. The van der Waals surface area contributed by atoms with Crippen molar-refractivity contribution in [3.63, 3.8) is 0 Å². The van der Waals surface area contributed by atoms with Crippen LogP contribution in [0.1, 0.15) is 51.3 Å². The van der Waals surface area contributed by atoms with Crippen LogP contribution in [-0.2, 0) is 11.0 Å². The SMILES string of the molecule is Cc1cccc2c1-c1ccc(N(c3ccc4cccc(-c5ccccc5)c4c3)c3ccc4c5ccccc5n(C(C)(C)C)c4c3)cc1C2(C)C. The van der Waals surface area contributed by atoms with Crippen LogP contribution in [0.4, 0.5) is 17.1 Å². The first-order valence-corrected chi connectivity index (χ1v) is 17.8. The van der Waals surface area contributed by atoms with Crippen molar-refractivity contribution in [3.8, 4) is 22.3 Å². The lowest BCUT2D eigenvalue weighted by Gasteiger charge is -2.29. The summed E-state index contributed by atoms with van der Waals surface area (Å²) in [6, 6.07) is 54.1. The van der Waals surface area contributed by atoms with Crippen molar-refractivity contribution < 1.29 is 0 Å². The predicted octanol–water partition coefficient (Wildman–Crippen LogP) is 13.5. The van der Waals surface area contributed by atoms with E-state index in [4.69, 9.17) is 0 Å². The van der Waals surface area contributed by atoms with Gasteiger partial charge in [0.25, 0.3) is 0 Å². The molecule has 7 aromatic carbocycles. The first-order chi connectivity index (χ1) is 24.1. The first kappa shape index (κ1) is 30.5. The van der Waals surface area contributed by atoms with Crippen molar-refractivity contribution in [1.29, 1.82) is 0 Å². The molecule has 9 rings (SSSR count). The summed E-state index contributed by atoms with van der Waals surface area (Å²) in [6.07, 6.45) is 0. The number of nitrogens with zero attached hydrogens (tertiary/aromatic N) is 2. The van der Waals surface area contributed by atoms with Crippen LogP contribution >= 0.6 is 0 Å². The molecule has 0 unspecified atom stereocenters. The van der Waals surface area contributed by atoms with Gasteiger partial charge < -0.3 is 9.47 Å². The van der Waals surface area contributed by atoms with Crippen LogP contribution in [0.3, 0.4) is 0 Å². The zero-order valence-electron chi connectivity index (χ0n) is 29.8. The molecule has 0 radical (unpaired) electrons. The van der Waals surface area contributed by atoms with Gasteiger partial charge in [0.1, 0.15) is 0 Å². The summed E-state index contributed by atoms with van der Waals surface area (Å²) in [5.74, 6) is 0. The van der Waals surface area contributed by atoms with Crippen LogP contribution in [0, 0.1) is 6.92 Å². The minimum atomic E-state index is -0.106. The lowest BCUT2D eigenvalue weighted by Crippen LogP contribution is -2.21. The number of aryl methyl sites for hydroxylation is 1. The van der Waals surface area contributed by atoms with Gasteiger partial charge >= 0.3 is 0 Å². The summed E-state index contributed by atoms with van der Waals surface area (Å²) >= 11 is 0. The fourth-order valence-electron chi connectivity index (χ4n) is 8.63. The van der Waals surface area contributed by atoms with Crippen molar-refractivity contribution >= 4 is 49.6 Å². The van der Waals surface area contributed by atoms with Crippen LogP contribution in [0.5, 0.6) is 0 Å². The van der Waals surface area contributed by atoms with E-state index in [9.17, 15) is 0 Å². The van der Waals surface area contributed by atoms with E-state index in [1.54, 1.807) is 0 Å². The highest BCUT2D eigenvalue weighted by Gasteiger charge is 2.37. The van der Waals surface area contributed by atoms with Gasteiger partial charge in [0.15, 0.2) is 0 Å². The molecule has 0 atom stereocenters. The van der Waals surface area contributed by atoms with Gasteiger partial charge in [-0.15, -0.1) is 0 Å². The molecule has 8 aromatic rings. The first-order valence-electron chi connectivity index (χ1n) is 17.8. The van der Waals surface area contributed by atoms with Crippen molar-refractivity contribution in [1.82, 2.24) is 4.57 Å². The highest BCUT2D eigenvalue weighted by Crippen LogP contribution is 2.52. The summed E-state index contributed by atoms with van der Waals surface area (Å²) in [6.45, 7) is 13.9. The fraction of sp³-hybridized carbons (Fsp3) is 0.167. The second-order valence-electron chi connectivity index (χ2n) is 15.5. The van der Waals surface area contributed by atoms with Gasteiger partial charge in [-0.1, -0.05) is 117 Å². The molecule has 0 spiro atoms. The van der Waals surface area contributed by atoms with E-state index in [0.29, 0.717) is 0 Å². The number of anilines is 3. The molecule has 1 aliphatic carbocycles. The molecule has 2 heteroatoms. The van der Waals surface area contributed by atoms with Crippen molar-refractivity contribution in [2.24, 2.45) is 0 Å². The zero-order chi connectivity index (χ0) is 34.4. The molecule has 0 aliphatic heterocycles. The number of para-hydroxylation sites is 1. The standard InChI is InChI=1S/C48H42N2/c1-31-14-12-20-42-46(31)40-27-25-35(29-43(40)48(42,5)6)49(34-23-22-33-17-13-19-37(41(33)28-34)32-15-8-7-9-16-32)36-24-26-39-38-18-10-11-21-44(38)50(45(39)30-36)47(2,3)4/h7-30H,1-6H3. The Kier molecular flexibility index (Phi) is 6.67. The van der Waals surface area contributed by atoms with E-state index in [1.165, 1.54) is 71.5 Å². The maximum absolute atomic E-state index is 2.51. The van der Waals surface area contributed by atoms with Crippen molar-refractivity contribution in [3.05, 3.63) is 162 Å².